The number of amides is 1. The van der Waals surface area contributed by atoms with Crippen LogP contribution in [0.4, 0.5) is 0 Å². The number of hydrazone groups is 1. The fraction of sp³-hybridized carbons (Fsp3) is 0.348. The summed E-state index contributed by atoms with van der Waals surface area (Å²) >= 11 is 1.33. The van der Waals surface area contributed by atoms with Gasteiger partial charge in [-0.2, -0.15) is 5.10 Å². The number of hydrogen-bond acceptors (Lipinski definition) is 6. The van der Waals surface area contributed by atoms with E-state index in [1.165, 1.54) is 24.6 Å². The number of imidazole rings is 1. The molecule has 0 aliphatic carbocycles. The van der Waals surface area contributed by atoms with Gasteiger partial charge in [0.1, 0.15) is 0 Å². The molecule has 3 aromatic rings. The highest BCUT2D eigenvalue weighted by Crippen LogP contribution is 2.27. The van der Waals surface area contributed by atoms with Gasteiger partial charge in [0.2, 0.25) is 0 Å². The fourth-order valence-corrected chi connectivity index (χ4v) is 3.61. The number of benzene rings is 2. The maximum atomic E-state index is 12.1. The third-order valence-electron chi connectivity index (χ3n) is 4.55. The zero-order valence-electron chi connectivity index (χ0n) is 17.9. The molecule has 2 aromatic carbocycles. The van der Waals surface area contributed by atoms with Crippen molar-refractivity contribution in [2.24, 2.45) is 5.10 Å². The van der Waals surface area contributed by atoms with E-state index in [1.807, 2.05) is 42.5 Å². The van der Waals surface area contributed by atoms with Crippen LogP contribution >= 0.6 is 11.8 Å². The second-order valence-electron chi connectivity index (χ2n) is 6.96. The van der Waals surface area contributed by atoms with Crippen LogP contribution in [-0.2, 0) is 4.79 Å². The third-order valence-corrected chi connectivity index (χ3v) is 5.43. The van der Waals surface area contributed by atoms with Crippen LogP contribution in [0.3, 0.4) is 0 Å². The summed E-state index contributed by atoms with van der Waals surface area (Å²) in [5.41, 5.74) is 5.17. The summed E-state index contributed by atoms with van der Waals surface area (Å²) in [6.07, 6.45) is 6.19. The van der Waals surface area contributed by atoms with Crippen molar-refractivity contribution in [2.75, 3.05) is 19.5 Å². The Labute approximate surface area is 186 Å². The highest BCUT2D eigenvalue weighted by molar-refractivity contribution is 7.99. The van der Waals surface area contributed by atoms with Gasteiger partial charge in [-0.1, -0.05) is 50.1 Å². The molecule has 3 rings (SSSR count). The van der Waals surface area contributed by atoms with Crippen LogP contribution in [0.2, 0.25) is 0 Å². The number of H-pyrrole nitrogens is 1. The molecule has 164 valence electrons. The van der Waals surface area contributed by atoms with Gasteiger partial charge in [0.05, 0.1) is 36.7 Å². The number of aromatic amines is 1. The van der Waals surface area contributed by atoms with Crippen LogP contribution < -0.4 is 14.9 Å². The minimum atomic E-state index is -0.208. The second-order valence-corrected chi connectivity index (χ2v) is 7.92. The van der Waals surface area contributed by atoms with Crippen LogP contribution in [-0.4, -0.2) is 41.6 Å². The lowest BCUT2D eigenvalue weighted by Gasteiger charge is -2.11. The van der Waals surface area contributed by atoms with Crippen LogP contribution in [0, 0.1) is 0 Å². The smallest absolute Gasteiger partial charge is 0.250 e. The molecular formula is C23H28N4O3S. The van der Waals surface area contributed by atoms with Gasteiger partial charge in [0, 0.05) is 0 Å². The van der Waals surface area contributed by atoms with Gasteiger partial charge in [-0.25, -0.2) is 10.4 Å². The van der Waals surface area contributed by atoms with E-state index < -0.39 is 0 Å². The Hall–Kier alpha value is -3.00. The normalized spacial score (nSPS) is 11.2. The lowest BCUT2D eigenvalue weighted by atomic mass is 10.2. The Balaban J connectivity index is 1.46. The molecule has 0 spiro atoms. The van der Waals surface area contributed by atoms with E-state index in [9.17, 15) is 4.79 Å². The minimum Gasteiger partial charge on any atom is -0.493 e. The van der Waals surface area contributed by atoms with Gasteiger partial charge < -0.3 is 14.5 Å². The van der Waals surface area contributed by atoms with Gasteiger partial charge in [-0.3, -0.25) is 4.79 Å². The van der Waals surface area contributed by atoms with E-state index in [2.05, 4.69) is 27.4 Å². The molecule has 0 saturated carbocycles. The minimum absolute atomic E-state index is 0.208. The first-order chi connectivity index (χ1) is 15.2. The van der Waals surface area contributed by atoms with E-state index in [-0.39, 0.29) is 11.7 Å². The van der Waals surface area contributed by atoms with Gasteiger partial charge in [-0.05, 0) is 42.3 Å². The van der Waals surface area contributed by atoms with Crippen molar-refractivity contribution < 1.29 is 14.3 Å². The van der Waals surface area contributed by atoms with Gasteiger partial charge in [0.25, 0.3) is 5.91 Å². The molecule has 1 aromatic heterocycles. The van der Waals surface area contributed by atoms with Crippen molar-refractivity contribution in [1.29, 1.82) is 0 Å². The molecule has 31 heavy (non-hydrogen) atoms. The molecule has 0 atom stereocenters. The average molecular weight is 441 g/mol. The number of methoxy groups -OCH3 is 1. The third kappa shape index (κ3) is 7.03. The monoisotopic (exact) mass is 440 g/mol. The Morgan fingerprint density at radius 1 is 1.19 bits per heavy atom. The van der Waals surface area contributed by atoms with Gasteiger partial charge >= 0.3 is 0 Å². The Morgan fingerprint density at radius 3 is 2.87 bits per heavy atom. The number of ether oxygens (including phenoxy) is 2. The molecule has 0 bridgehead atoms. The van der Waals surface area contributed by atoms with E-state index in [0.717, 1.165) is 29.4 Å². The van der Waals surface area contributed by atoms with Crippen LogP contribution in [0.25, 0.3) is 11.0 Å². The number of fused-ring (bicyclic) bond motifs is 1. The predicted molar refractivity (Wildman–Crippen MR) is 125 cm³/mol. The molecule has 0 unspecified atom stereocenters. The van der Waals surface area contributed by atoms with Gasteiger partial charge in [-0.15, -0.1) is 0 Å². The van der Waals surface area contributed by atoms with Crippen LogP contribution in [0.1, 0.15) is 38.2 Å². The summed E-state index contributed by atoms with van der Waals surface area (Å²) in [5, 5.41) is 4.74. The average Bonchev–Trinajstić information content (AvgIpc) is 3.21. The summed E-state index contributed by atoms with van der Waals surface area (Å²) in [5.74, 6) is 1.36. The highest BCUT2D eigenvalue weighted by atomic mass is 32.2. The fourth-order valence-electron chi connectivity index (χ4n) is 2.94. The van der Waals surface area contributed by atoms with Crippen molar-refractivity contribution in [3.05, 3.63) is 48.0 Å². The van der Waals surface area contributed by atoms with Crippen molar-refractivity contribution in [2.45, 2.75) is 37.8 Å². The Bertz CT molecular complexity index is 986. The first-order valence-electron chi connectivity index (χ1n) is 10.4. The summed E-state index contributed by atoms with van der Waals surface area (Å²) in [4.78, 5) is 19.7. The summed E-state index contributed by atoms with van der Waals surface area (Å²) < 4.78 is 11.2. The molecule has 0 saturated heterocycles. The standard InChI is InChI=1S/C23H28N4O3S/c1-3-4-5-8-13-30-20-12-11-17(14-21(20)29-2)15-24-27-22(28)16-31-23-25-18-9-6-7-10-19(18)26-23/h6-7,9-12,14-15H,3-5,8,13,16H2,1-2H3,(H,25,26)(H,27,28)/b24-15-. The number of nitrogens with zero attached hydrogens (tertiary/aromatic N) is 2. The number of aromatic nitrogens is 2. The van der Waals surface area contributed by atoms with Crippen molar-refractivity contribution >= 4 is 34.9 Å². The second kappa shape index (κ2) is 12.0. The molecule has 0 fully saturated rings. The first kappa shape index (κ1) is 22.7. The number of carbonyl (C=O) groups excluding carboxylic acids is 1. The van der Waals surface area contributed by atoms with E-state index >= 15 is 0 Å². The first-order valence-corrected chi connectivity index (χ1v) is 11.4. The summed E-state index contributed by atoms with van der Waals surface area (Å²) in [7, 11) is 1.61. The Kier molecular flexibility index (Phi) is 8.78. The lowest BCUT2D eigenvalue weighted by Crippen LogP contribution is -2.19. The van der Waals surface area contributed by atoms with Crippen molar-refractivity contribution in [3.8, 4) is 11.5 Å². The molecule has 0 aliphatic heterocycles. The predicted octanol–water partition coefficient (Wildman–Crippen LogP) is 4.77. The molecule has 0 radical (unpaired) electrons. The molecule has 1 heterocycles. The molecule has 1 amide bonds. The lowest BCUT2D eigenvalue weighted by molar-refractivity contribution is -0.118. The molecule has 2 N–H and O–H groups in total. The van der Waals surface area contributed by atoms with Crippen molar-refractivity contribution in [1.82, 2.24) is 15.4 Å². The zero-order chi connectivity index (χ0) is 21.9. The highest BCUT2D eigenvalue weighted by Gasteiger charge is 2.07. The number of rotatable bonds is 12. The largest absolute Gasteiger partial charge is 0.493 e. The number of nitrogens with one attached hydrogen (secondary N) is 2. The number of carbonyl (C=O) groups is 1. The number of thioether (sulfide) groups is 1. The topological polar surface area (TPSA) is 88.6 Å². The maximum absolute atomic E-state index is 12.1. The number of para-hydroxylation sites is 2. The van der Waals surface area contributed by atoms with Crippen LogP contribution in [0.5, 0.6) is 11.5 Å². The van der Waals surface area contributed by atoms with E-state index in [1.54, 1.807) is 13.3 Å². The summed E-state index contributed by atoms with van der Waals surface area (Å²) in [6, 6.07) is 13.3. The van der Waals surface area contributed by atoms with Crippen LogP contribution in [0.15, 0.2) is 52.7 Å². The van der Waals surface area contributed by atoms with Crippen molar-refractivity contribution in [3.63, 3.8) is 0 Å². The van der Waals surface area contributed by atoms with Gasteiger partial charge in [0.15, 0.2) is 16.7 Å². The summed E-state index contributed by atoms with van der Waals surface area (Å²) in [6.45, 7) is 2.86. The Morgan fingerprint density at radius 2 is 2.06 bits per heavy atom. The molecule has 8 heteroatoms. The number of hydrogen-bond donors (Lipinski definition) is 2. The molecule has 0 aliphatic rings. The number of unbranched alkanes of at least 4 members (excludes halogenated alkanes) is 3. The quantitative estimate of drug-likeness (QED) is 0.183. The van der Waals surface area contributed by atoms with E-state index in [0.29, 0.717) is 23.3 Å². The SMILES string of the molecule is CCCCCCOc1ccc(/C=N\NC(=O)CSc2nc3ccccc3[nH]2)cc1OC. The van der Waals surface area contributed by atoms with E-state index in [4.69, 9.17) is 9.47 Å². The maximum Gasteiger partial charge on any atom is 0.250 e. The zero-order valence-corrected chi connectivity index (χ0v) is 18.7. The molecule has 7 nitrogen and oxygen atoms in total. The molecular weight excluding hydrogens is 412 g/mol.